The van der Waals surface area contributed by atoms with Crippen LogP contribution in [-0.4, -0.2) is 84.8 Å². The highest BCUT2D eigenvalue weighted by Crippen LogP contribution is 2.30. The minimum atomic E-state index is -0.892. The van der Waals surface area contributed by atoms with Gasteiger partial charge in [0.25, 0.3) is 0 Å². The van der Waals surface area contributed by atoms with Crippen LogP contribution >= 0.6 is 0 Å². The second-order valence-electron chi connectivity index (χ2n) is 7.82. The van der Waals surface area contributed by atoms with Crippen LogP contribution in [0, 0.1) is 0 Å². The van der Waals surface area contributed by atoms with Crippen molar-refractivity contribution in [3.8, 4) is 0 Å². The number of hydrogen-bond acceptors (Lipinski definition) is 8. The van der Waals surface area contributed by atoms with Gasteiger partial charge in [0.1, 0.15) is 36.6 Å². The van der Waals surface area contributed by atoms with Crippen LogP contribution < -0.4 is 0 Å². The van der Waals surface area contributed by atoms with Crippen LogP contribution in [0.2, 0.25) is 0 Å². The highest BCUT2D eigenvalue weighted by atomic mass is 16.7. The predicted molar refractivity (Wildman–Crippen MR) is 97.2 cm³/mol. The predicted octanol–water partition coefficient (Wildman–Crippen LogP) is 0.988. The highest BCUT2D eigenvalue weighted by molar-refractivity contribution is 5.00. The Kier molecular flexibility index (Phi) is 7.43. The van der Waals surface area contributed by atoms with Crippen LogP contribution in [0.3, 0.4) is 0 Å². The van der Waals surface area contributed by atoms with E-state index in [2.05, 4.69) is 6.08 Å². The lowest BCUT2D eigenvalue weighted by molar-refractivity contribution is -0.346. The summed E-state index contributed by atoms with van der Waals surface area (Å²) in [5, 5.41) is 19.1. The second-order valence-corrected chi connectivity index (χ2v) is 7.82. The van der Waals surface area contributed by atoms with Crippen LogP contribution in [0.4, 0.5) is 0 Å². The van der Waals surface area contributed by atoms with Crippen LogP contribution in [0.1, 0.15) is 35.1 Å². The fourth-order valence-corrected chi connectivity index (χ4v) is 3.28. The molecule has 0 spiro atoms. The summed E-state index contributed by atoms with van der Waals surface area (Å²) >= 11 is 0. The van der Waals surface area contributed by atoms with Crippen LogP contribution in [0.5, 0.6) is 0 Å². The van der Waals surface area contributed by atoms with Crippen molar-refractivity contribution >= 4 is 0 Å². The Hall–Kier alpha value is -0.580. The molecule has 3 saturated heterocycles. The fourth-order valence-electron chi connectivity index (χ4n) is 3.28. The SMILES string of the molecule is C.CC1(C)OC[C@H]2OCC=C[C@H]2O1.CC1(C)OC[C@H]2OC[C@H](O)[C@H](O)[C@H]2O1. The largest absolute Gasteiger partial charge is 0.388 e. The molecule has 0 aromatic heterocycles. The average molecular weight is 390 g/mol. The molecule has 4 rings (SSSR count). The summed E-state index contributed by atoms with van der Waals surface area (Å²) in [5.74, 6) is -1.19. The molecule has 0 unspecified atom stereocenters. The van der Waals surface area contributed by atoms with Gasteiger partial charge in [-0.2, -0.15) is 0 Å². The van der Waals surface area contributed by atoms with E-state index in [1.807, 2.05) is 19.9 Å². The normalized spacial score (nSPS) is 41.9. The van der Waals surface area contributed by atoms with Crippen molar-refractivity contribution in [2.24, 2.45) is 0 Å². The maximum Gasteiger partial charge on any atom is 0.163 e. The summed E-state index contributed by atoms with van der Waals surface area (Å²) < 4.78 is 32.7. The van der Waals surface area contributed by atoms with Crippen molar-refractivity contribution in [1.29, 1.82) is 0 Å². The number of hydrogen-bond donors (Lipinski definition) is 2. The van der Waals surface area contributed by atoms with E-state index in [-0.39, 0.29) is 32.3 Å². The first-order chi connectivity index (χ1) is 12.2. The molecule has 0 aromatic carbocycles. The molecule has 2 N–H and O–H groups in total. The maximum absolute atomic E-state index is 9.69. The van der Waals surface area contributed by atoms with E-state index in [4.69, 9.17) is 28.4 Å². The standard InChI is InChI=1S/C9H16O5.C9H14O3.CH4/c1-9(2)13-4-6-8(14-9)7(11)5(10)3-12-6;1-9(2)11-6-8-7(12-9)4-3-5-10-8;/h5-8,10-11H,3-4H2,1-2H3;3-4,7-8H,5-6H2,1-2H3;1H4/t5-,6+,7-,8-;7-,8-;/m01./s1. The number of aliphatic hydroxyl groups is 2. The molecule has 0 aliphatic carbocycles. The van der Waals surface area contributed by atoms with E-state index in [0.29, 0.717) is 19.8 Å². The zero-order valence-electron chi connectivity index (χ0n) is 15.8. The highest BCUT2D eigenvalue weighted by Gasteiger charge is 2.46. The molecule has 0 bridgehead atoms. The summed E-state index contributed by atoms with van der Waals surface area (Å²) in [6.45, 7) is 9.22. The van der Waals surface area contributed by atoms with Crippen molar-refractivity contribution in [2.45, 2.75) is 83.3 Å². The van der Waals surface area contributed by atoms with Gasteiger partial charge in [0.2, 0.25) is 0 Å². The number of fused-ring (bicyclic) bond motifs is 2. The third-order valence-electron chi connectivity index (χ3n) is 4.71. The van der Waals surface area contributed by atoms with Gasteiger partial charge in [0, 0.05) is 0 Å². The van der Waals surface area contributed by atoms with Crippen molar-refractivity contribution in [3.05, 3.63) is 12.2 Å². The molecule has 0 aromatic rings. The van der Waals surface area contributed by atoms with Crippen molar-refractivity contribution < 1.29 is 38.6 Å². The number of rotatable bonds is 0. The quantitative estimate of drug-likeness (QED) is 0.591. The molecule has 4 aliphatic heterocycles. The fraction of sp³-hybridized carbons (Fsp3) is 0.895. The molecule has 3 fully saturated rings. The van der Waals surface area contributed by atoms with Crippen LogP contribution in [-0.2, 0) is 28.4 Å². The lowest BCUT2D eigenvalue weighted by Gasteiger charge is -2.46. The Morgan fingerprint density at radius 2 is 1.48 bits per heavy atom. The molecule has 0 saturated carbocycles. The second kappa shape index (κ2) is 8.84. The van der Waals surface area contributed by atoms with E-state index in [9.17, 15) is 10.2 Å². The van der Waals surface area contributed by atoms with Gasteiger partial charge in [0.15, 0.2) is 11.6 Å². The maximum atomic E-state index is 9.69. The monoisotopic (exact) mass is 390 g/mol. The zero-order chi connectivity index (χ0) is 18.9. The third-order valence-corrected chi connectivity index (χ3v) is 4.71. The van der Waals surface area contributed by atoms with Crippen LogP contribution in [0.15, 0.2) is 12.2 Å². The molecule has 8 nitrogen and oxygen atoms in total. The molecular weight excluding hydrogens is 356 g/mol. The summed E-state index contributed by atoms with van der Waals surface area (Å²) in [5.41, 5.74) is 0. The van der Waals surface area contributed by atoms with Gasteiger partial charge in [-0.3, -0.25) is 0 Å². The Morgan fingerprint density at radius 1 is 0.852 bits per heavy atom. The van der Waals surface area contributed by atoms with Crippen molar-refractivity contribution in [1.82, 2.24) is 0 Å². The third kappa shape index (κ3) is 5.71. The Morgan fingerprint density at radius 3 is 2.19 bits per heavy atom. The summed E-state index contributed by atoms with van der Waals surface area (Å²) in [6, 6.07) is 0. The first kappa shape index (κ1) is 22.7. The van der Waals surface area contributed by atoms with Gasteiger partial charge < -0.3 is 38.6 Å². The number of aliphatic hydroxyl groups excluding tert-OH is 2. The topological polar surface area (TPSA) is 95.8 Å². The van der Waals surface area contributed by atoms with E-state index >= 15 is 0 Å². The van der Waals surface area contributed by atoms with Gasteiger partial charge in [-0.25, -0.2) is 0 Å². The smallest absolute Gasteiger partial charge is 0.163 e. The average Bonchev–Trinajstić information content (AvgIpc) is 2.58. The first-order valence-corrected chi connectivity index (χ1v) is 9.06. The summed E-state index contributed by atoms with van der Waals surface area (Å²) in [4.78, 5) is 0. The summed E-state index contributed by atoms with van der Waals surface area (Å²) in [6.07, 6.45) is 1.66. The minimum absolute atomic E-state index is 0. The Bertz CT molecular complexity index is 504. The van der Waals surface area contributed by atoms with Gasteiger partial charge >= 0.3 is 0 Å². The molecule has 8 heteroatoms. The van der Waals surface area contributed by atoms with E-state index in [1.54, 1.807) is 13.8 Å². The van der Waals surface area contributed by atoms with Gasteiger partial charge in [-0.1, -0.05) is 19.6 Å². The van der Waals surface area contributed by atoms with Gasteiger partial charge in [0.05, 0.1) is 26.4 Å². The van der Waals surface area contributed by atoms with E-state index in [0.717, 1.165) is 0 Å². The van der Waals surface area contributed by atoms with Gasteiger partial charge in [-0.15, -0.1) is 0 Å². The zero-order valence-corrected chi connectivity index (χ0v) is 15.8. The molecule has 158 valence electrons. The van der Waals surface area contributed by atoms with Gasteiger partial charge in [-0.05, 0) is 27.7 Å². The molecular formula is C19H34O8. The van der Waals surface area contributed by atoms with Crippen LogP contribution in [0.25, 0.3) is 0 Å². The van der Waals surface area contributed by atoms with E-state index in [1.165, 1.54) is 0 Å². The molecule has 0 amide bonds. The lowest BCUT2D eigenvalue weighted by Crippen LogP contribution is -2.61. The molecule has 0 radical (unpaired) electrons. The minimum Gasteiger partial charge on any atom is -0.388 e. The molecule has 4 aliphatic rings. The Labute approximate surface area is 161 Å². The van der Waals surface area contributed by atoms with Crippen molar-refractivity contribution in [2.75, 3.05) is 26.4 Å². The Balaban J connectivity index is 0.000000189. The lowest BCUT2D eigenvalue weighted by atomic mass is 9.99. The first-order valence-electron chi connectivity index (χ1n) is 9.06. The van der Waals surface area contributed by atoms with Crippen molar-refractivity contribution in [3.63, 3.8) is 0 Å². The molecule has 6 atom stereocenters. The molecule has 4 heterocycles. The number of ether oxygens (including phenoxy) is 6. The molecule has 27 heavy (non-hydrogen) atoms. The summed E-state index contributed by atoms with van der Waals surface area (Å²) in [7, 11) is 0. The van der Waals surface area contributed by atoms with E-state index < -0.39 is 29.9 Å².